The standard InChI is InChI=1S/C21H17FN4O3S/c22-16-2-1-3-17(10-16)28-19-6-4-14(12-24-19)11-23-18(27)5-7-20-25-21(26-29-20)15-8-9-30-13-15/h1-4,6,8-10,12-13H,5,7,11H2,(H,23,27). The summed E-state index contributed by atoms with van der Waals surface area (Å²) in [4.78, 5) is 20.6. The molecule has 3 heterocycles. The molecule has 0 bridgehead atoms. The molecule has 0 aliphatic heterocycles. The molecule has 0 saturated carbocycles. The van der Waals surface area contributed by atoms with Crippen LogP contribution >= 0.6 is 11.3 Å². The van der Waals surface area contributed by atoms with Gasteiger partial charge in [-0.3, -0.25) is 4.79 Å². The molecule has 0 spiro atoms. The van der Waals surface area contributed by atoms with Crippen LogP contribution < -0.4 is 10.1 Å². The van der Waals surface area contributed by atoms with E-state index in [2.05, 4.69) is 20.4 Å². The Balaban J connectivity index is 1.23. The summed E-state index contributed by atoms with van der Waals surface area (Å²) in [6.45, 7) is 0.329. The first-order valence-electron chi connectivity index (χ1n) is 9.16. The third-order valence-corrected chi connectivity index (χ3v) is 4.80. The third kappa shape index (κ3) is 5.26. The van der Waals surface area contributed by atoms with Crippen LogP contribution in [0.15, 0.2) is 63.9 Å². The number of benzene rings is 1. The molecule has 7 nitrogen and oxygen atoms in total. The van der Waals surface area contributed by atoms with Crippen LogP contribution in [-0.2, 0) is 17.8 Å². The van der Waals surface area contributed by atoms with Gasteiger partial charge in [-0.2, -0.15) is 16.3 Å². The summed E-state index contributed by atoms with van der Waals surface area (Å²) in [7, 11) is 0. The first-order chi connectivity index (χ1) is 14.7. The summed E-state index contributed by atoms with van der Waals surface area (Å²) < 4.78 is 23.9. The highest BCUT2D eigenvalue weighted by atomic mass is 32.1. The van der Waals surface area contributed by atoms with Gasteiger partial charge in [-0.15, -0.1) is 0 Å². The molecule has 1 N–H and O–H groups in total. The Bertz CT molecular complexity index is 1110. The molecule has 0 aliphatic rings. The molecular formula is C21H17FN4O3S. The van der Waals surface area contributed by atoms with Crippen LogP contribution in [-0.4, -0.2) is 21.0 Å². The van der Waals surface area contributed by atoms with Crippen molar-refractivity contribution in [3.63, 3.8) is 0 Å². The van der Waals surface area contributed by atoms with Crippen LogP contribution in [0.25, 0.3) is 11.4 Å². The lowest BCUT2D eigenvalue weighted by atomic mass is 10.2. The SMILES string of the molecule is O=C(CCc1nc(-c2ccsc2)no1)NCc1ccc(Oc2cccc(F)c2)nc1. The highest BCUT2D eigenvalue weighted by Gasteiger charge is 2.11. The number of nitrogens with zero attached hydrogens (tertiary/aromatic N) is 3. The summed E-state index contributed by atoms with van der Waals surface area (Å²) in [5, 5.41) is 10.6. The molecule has 1 aromatic carbocycles. The Hall–Kier alpha value is -3.59. The number of aryl methyl sites for hydroxylation is 1. The lowest BCUT2D eigenvalue weighted by molar-refractivity contribution is -0.121. The van der Waals surface area contributed by atoms with Crippen molar-refractivity contribution in [3.05, 3.63) is 76.7 Å². The Morgan fingerprint density at radius 1 is 1.23 bits per heavy atom. The molecule has 0 aliphatic carbocycles. The van der Waals surface area contributed by atoms with Crippen LogP contribution in [0.5, 0.6) is 11.6 Å². The fourth-order valence-corrected chi connectivity index (χ4v) is 3.24. The molecule has 0 radical (unpaired) electrons. The third-order valence-electron chi connectivity index (χ3n) is 4.12. The maximum Gasteiger partial charge on any atom is 0.227 e. The quantitative estimate of drug-likeness (QED) is 0.452. The van der Waals surface area contributed by atoms with Gasteiger partial charge in [0, 0.05) is 48.7 Å². The van der Waals surface area contributed by atoms with E-state index in [0.29, 0.717) is 36.3 Å². The van der Waals surface area contributed by atoms with Crippen LogP contribution in [0.1, 0.15) is 17.9 Å². The minimum Gasteiger partial charge on any atom is -0.439 e. The van der Waals surface area contributed by atoms with Gasteiger partial charge in [-0.25, -0.2) is 9.37 Å². The van der Waals surface area contributed by atoms with E-state index >= 15 is 0 Å². The zero-order valence-corrected chi connectivity index (χ0v) is 16.6. The molecule has 3 aromatic heterocycles. The van der Waals surface area contributed by atoms with Gasteiger partial charge in [-0.1, -0.05) is 17.3 Å². The van der Waals surface area contributed by atoms with E-state index in [-0.39, 0.29) is 18.1 Å². The molecule has 30 heavy (non-hydrogen) atoms. The van der Waals surface area contributed by atoms with E-state index in [1.807, 2.05) is 16.8 Å². The molecule has 4 rings (SSSR count). The van der Waals surface area contributed by atoms with Crippen molar-refractivity contribution in [2.75, 3.05) is 0 Å². The molecule has 4 aromatic rings. The van der Waals surface area contributed by atoms with Crippen molar-refractivity contribution in [3.8, 4) is 23.0 Å². The molecular weight excluding hydrogens is 407 g/mol. The zero-order chi connectivity index (χ0) is 20.8. The maximum atomic E-state index is 13.2. The minimum absolute atomic E-state index is 0.134. The van der Waals surface area contributed by atoms with Gasteiger partial charge in [0.1, 0.15) is 11.6 Å². The summed E-state index contributed by atoms with van der Waals surface area (Å²) in [5.41, 5.74) is 1.71. The average molecular weight is 424 g/mol. The average Bonchev–Trinajstić information content (AvgIpc) is 3.44. The number of aromatic nitrogens is 3. The maximum absolute atomic E-state index is 13.2. The number of carbonyl (C=O) groups excluding carboxylic acids is 1. The van der Waals surface area contributed by atoms with Gasteiger partial charge in [0.25, 0.3) is 0 Å². The summed E-state index contributed by atoms with van der Waals surface area (Å²) in [6.07, 6.45) is 2.20. The second kappa shape index (κ2) is 9.27. The van der Waals surface area contributed by atoms with Gasteiger partial charge in [0.2, 0.25) is 23.5 Å². The van der Waals surface area contributed by atoms with Crippen molar-refractivity contribution in [1.82, 2.24) is 20.4 Å². The van der Waals surface area contributed by atoms with Crippen LogP contribution in [0.2, 0.25) is 0 Å². The Labute approximate surface area is 175 Å². The largest absolute Gasteiger partial charge is 0.439 e. The van der Waals surface area contributed by atoms with Crippen LogP contribution in [0.3, 0.4) is 0 Å². The van der Waals surface area contributed by atoms with E-state index < -0.39 is 0 Å². The second-order valence-electron chi connectivity index (χ2n) is 6.36. The molecule has 0 saturated heterocycles. The number of thiophene rings is 1. The molecule has 0 fully saturated rings. The number of nitrogens with one attached hydrogen (secondary N) is 1. The molecule has 152 valence electrons. The monoisotopic (exact) mass is 424 g/mol. The van der Waals surface area contributed by atoms with Crippen molar-refractivity contribution >= 4 is 17.2 Å². The first kappa shape index (κ1) is 19.7. The summed E-state index contributed by atoms with van der Waals surface area (Å²) >= 11 is 1.55. The van der Waals surface area contributed by atoms with Crippen molar-refractivity contribution in [2.45, 2.75) is 19.4 Å². The van der Waals surface area contributed by atoms with Gasteiger partial charge >= 0.3 is 0 Å². The lowest BCUT2D eigenvalue weighted by Crippen LogP contribution is -2.23. The Kier molecular flexibility index (Phi) is 6.09. The highest BCUT2D eigenvalue weighted by molar-refractivity contribution is 7.08. The van der Waals surface area contributed by atoms with Crippen molar-refractivity contribution in [2.24, 2.45) is 0 Å². The second-order valence-corrected chi connectivity index (χ2v) is 7.14. The Morgan fingerprint density at radius 2 is 2.17 bits per heavy atom. The minimum atomic E-state index is -0.380. The van der Waals surface area contributed by atoms with Gasteiger partial charge in [0.05, 0.1) is 0 Å². The lowest BCUT2D eigenvalue weighted by Gasteiger charge is -2.07. The van der Waals surface area contributed by atoms with Crippen molar-refractivity contribution < 1.29 is 18.4 Å². The number of pyridine rings is 1. The topological polar surface area (TPSA) is 90.1 Å². The van der Waals surface area contributed by atoms with E-state index in [1.54, 1.807) is 41.8 Å². The number of hydrogen-bond donors (Lipinski definition) is 1. The highest BCUT2D eigenvalue weighted by Crippen LogP contribution is 2.20. The fraction of sp³-hybridized carbons (Fsp3) is 0.143. The van der Waals surface area contributed by atoms with Gasteiger partial charge in [0.15, 0.2) is 0 Å². The molecule has 1 amide bonds. The summed E-state index contributed by atoms with van der Waals surface area (Å²) in [5.74, 6) is 1.14. The number of hydrogen-bond acceptors (Lipinski definition) is 7. The Morgan fingerprint density at radius 3 is 2.93 bits per heavy atom. The normalized spacial score (nSPS) is 10.7. The van der Waals surface area contributed by atoms with Gasteiger partial charge in [-0.05, 0) is 29.1 Å². The number of halogens is 1. The molecule has 0 atom stereocenters. The molecule has 9 heteroatoms. The van der Waals surface area contributed by atoms with Crippen molar-refractivity contribution in [1.29, 1.82) is 0 Å². The number of rotatable bonds is 8. The smallest absolute Gasteiger partial charge is 0.227 e. The van der Waals surface area contributed by atoms with Gasteiger partial charge < -0.3 is 14.6 Å². The predicted octanol–water partition coefficient (Wildman–Crippen LogP) is 4.37. The predicted molar refractivity (Wildman–Crippen MR) is 108 cm³/mol. The number of amides is 1. The van der Waals surface area contributed by atoms with E-state index in [0.717, 1.165) is 11.1 Å². The number of ether oxygens (including phenoxy) is 1. The van der Waals surface area contributed by atoms with E-state index in [4.69, 9.17) is 9.26 Å². The molecule has 0 unspecified atom stereocenters. The van der Waals surface area contributed by atoms with E-state index in [1.165, 1.54) is 12.1 Å². The first-order valence-corrected chi connectivity index (χ1v) is 10.1. The fourth-order valence-electron chi connectivity index (χ4n) is 2.60. The summed E-state index contributed by atoms with van der Waals surface area (Å²) in [6, 6.07) is 11.2. The zero-order valence-electron chi connectivity index (χ0n) is 15.7. The van der Waals surface area contributed by atoms with E-state index in [9.17, 15) is 9.18 Å². The number of carbonyl (C=O) groups is 1. The van der Waals surface area contributed by atoms with Crippen LogP contribution in [0, 0.1) is 5.82 Å². The van der Waals surface area contributed by atoms with Crippen LogP contribution in [0.4, 0.5) is 4.39 Å².